The predicted molar refractivity (Wildman–Crippen MR) is 155 cm³/mol. The maximum absolute atomic E-state index is 12.7. The van der Waals surface area contributed by atoms with Crippen LogP contribution in [0.5, 0.6) is 5.75 Å². The fraction of sp³-hybridized carbons (Fsp3) is 0.357. The molecule has 0 aliphatic heterocycles. The van der Waals surface area contributed by atoms with Crippen LogP contribution in [-0.4, -0.2) is 35.9 Å². The highest BCUT2D eigenvalue weighted by molar-refractivity contribution is 7.16. The van der Waals surface area contributed by atoms with Gasteiger partial charge in [-0.2, -0.15) is 5.26 Å². The number of pyridine rings is 1. The van der Waals surface area contributed by atoms with Crippen LogP contribution in [0.15, 0.2) is 42.9 Å². The number of halogens is 1. The molecule has 0 aliphatic rings. The Balaban J connectivity index is 1.67. The van der Waals surface area contributed by atoms with Crippen LogP contribution in [0, 0.1) is 11.3 Å². The van der Waals surface area contributed by atoms with Crippen molar-refractivity contribution in [2.45, 2.75) is 58.5 Å². The van der Waals surface area contributed by atoms with Gasteiger partial charge in [0.05, 0.1) is 42.8 Å². The summed E-state index contributed by atoms with van der Waals surface area (Å²) in [6.07, 6.45) is 2.94. The van der Waals surface area contributed by atoms with Crippen LogP contribution >= 0.6 is 22.9 Å². The highest BCUT2D eigenvalue weighted by Crippen LogP contribution is 2.39. The Morgan fingerprint density at radius 3 is 2.62 bits per heavy atom. The number of carbonyl (C=O) groups is 1. The molecule has 4 aromatic rings. The van der Waals surface area contributed by atoms with Gasteiger partial charge in [-0.1, -0.05) is 38.4 Å². The van der Waals surface area contributed by atoms with Crippen molar-refractivity contribution in [1.29, 1.82) is 5.26 Å². The summed E-state index contributed by atoms with van der Waals surface area (Å²) in [6.45, 7) is 13.3. The molecule has 8 nitrogen and oxygen atoms in total. The summed E-state index contributed by atoms with van der Waals surface area (Å²) < 4.78 is 19.5. The Labute approximate surface area is 238 Å². The van der Waals surface area contributed by atoms with Gasteiger partial charge in [0.2, 0.25) is 0 Å². The zero-order valence-electron chi connectivity index (χ0n) is 23.0. The first-order valence-corrected chi connectivity index (χ1v) is 16.5. The lowest BCUT2D eigenvalue weighted by molar-refractivity contribution is 0.0600. The third kappa shape index (κ3) is 6.02. The van der Waals surface area contributed by atoms with Gasteiger partial charge in [-0.15, -0.1) is 11.3 Å². The topological polar surface area (TPSA) is 99.3 Å². The maximum Gasteiger partial charge on any atom is 0.351 e. The maximum atomic E-state index is 12.7. The van der Waals surface area contributed by atoms with Gasteiger partial charge >= 0.3 is 5.97 Å². The lowest BCUT2D eigenvalue weighted by Crippen LogP contribution is -2.40. The van der Waals surface area contributed by atoms with Crippen LogP contribution in [0.25, 0.3) is 16.0 Å². The summed E-state index contributed by atoms with van der Waals surface area (Å²) in [7, 11) is -0.612. The van der Waals surface area contributed by atoms with E-state index in [1.807, 2.05) is 17.6 Å². The van der Waals surface area contributed by atoms with Crippen molar-refractivity contribution in [2.75, 3.05) is 7.11 Å². The van der Waals surface area contributed by atoms with E-state index in [9.17, 15) is 4.79 Å². The number of nitriles is 1. The van der Waals surface area contributed by atoms with Gasteiger partial charge in [-0.3, -0.25) is 9.55 Å². The average Bonchev–Trinajstić information content (AvgIpc) is 3.49. The molecule has 0 saturated carbocycles. The van der Waals surface area contributed by atoms with Crippen molar-refractivity contribution in [2.24, 2.45) is 0 Å². The molecule has 3 heterocycles. The Kier molecular flexibility index (Phi) is 8.19. The van der Waals surface area contributed by atoms with Crippen LogP contribution in [-0.2, 0) is 15.8 Å². The van der Waals surface area contributed by atoms with E-state index in [-0.39, 0.29) is 5.04 Å². The Morgan fingerprint density at radius 2 is 1.97 bits per heavy atom. The second kappa shape index (κ2) is 11.1. The number of nitrogens with zero attached hydrogens (tertiary/aromatic N) is 4. The predicted octanol–water partition coefficient (Wildman–Crippen LogP) is 7.46. The standard InChI is InChI=1S/C28H31ClN4O4SSi/c1-17(20-9-8-18(13-30)10-21(20)29)37-24-12-25(38-26(24)27(34)35-5)33-16-32-22-14-31-19(11-23(22)33)15-36-39(6,7)28(2,3)4/h8-12,14,16-17H,15H2,1-7H3. The Bertz CT molecular complexity index is 1570. The van der Waals surface area contributed by atoms with Crippen molar-refractivity contribution < 1.29 is 18.7 Å². The van der Waals surface area contributed by atoms with Gasteiger partial charge in [0.1, 0.15) is 28.7 Å². The normalized spacial score (nSPS) is 12.8. The molecular formula is C28H31ClN4O4SSi. The summed E-state index contributed by atoms with van der Waals surface area (Å²) in [5, 5.41) is 10.4. The molecule has 204 valence electrons. The molecule has 1 atom stereocenters. The first-order chi connectivity index (χ1) is 18.3. The molecule has 1 unspecified atom stereocenters. The zero-order chi connectivity index (χ0) is 28.5. The molecule has 11 heteroatoms. The minimum Gasteiger partial charge on any atom is -0.484 e. The molecule has 0 saturated heterocycles. The monoisotopic (exact) mass is 582 g/mol. The first-order valence-electron chi connectivity index (χ1n) is 12.4. The summed E-state index contributed by atoms with van der Waals surface area (Å²) in [6, 6.07) is 10.8. The van der Waals surface area contributed by atoms with Gasteiger partial charge in [0.25, 0.3) is 0 Å². The molecule has 0 aliphatic carbocycles. The quantitative estimate of drug-likeness (QED) is 0.157. The fourth-order valence-electron chi connectivity index (χ4n) is 3.66. The Hall–Kier alpha value is -3.23. The SMILES string of the molecule is COC(=O)c1sc(-n2cnc3cnc(CO[Si](C)(C)C(C)(C)C)cc32)cc1OC(C)c1ccc(C#N)cc1Cl. The van der Waals surface area contributed by atoms with Crippen molar-refractivity contribution in [1.82, 2.24) is 14.5 Å². The van der Waals surface area contributed by atoms with Crippen molar-refractivity contribution in [3.63, 3.8) is 0 Å². The van der Waals surface area contributed by atoms with E-state index in [1.54, 1.807) is 36.8 Å². The number of fused-ring (bicyclic) bond motifs is 1. The molecule has 0 spiro atoms. The van der Waals surface area contributed by atoms with Crippen molar-refractivity contribution >= 4 is 48.3 Å². The van der Waals surface area contributed by atoms with Crippen LogP contribution < -0.4 is 4.74 Å². The molecule has 0 fully saturated rings. The van der Waals surface area contributed by atoms with Crippen molar-refractivity contribution in [3.05, 3.63) is 69.6 Å². The minimum absolute atomic E-state index is 0.0929. The third-order valence-electron chi connectivity index (χ3n) is 7.04. The van der Waals surface area contributed by atoms with E-state index < -0.39 is 20.4 Å². The van der Waals surface area contributed by atoms with Gasteiger partial charge in [-0.05, 0) is 43.3 Å². The second-order valence-electron chi connectivity index (χ2n) is 10.7. The number of rotatable bonds is 8. The van der Waals surface area contributed by atoms with E-state index in [2.05, 4.69) is 49.9 Å². The highest BCUT2D eigenvalue weighted by Gasteiger charge is 2.37. The van der Waals surface area contributed by atoms with Gasteiger partial charge in [-0.25, -0.2) is 9.78 Å². The summed E-state index contributed by atoms with van der Waals surface area (Å²) in [4.78, 5) is 22.0. The Morgan fingerprint density at radius 1 is 1.23 bits per heavy atom. The number of methoxy groups -OCH3 is 1. The molecule has 39 heavy (non-hydrogen) atoms. The van der Waals surface area contributed by atoms with E-state index in [0.29, 0.717) is 33.4 Å². The first kappa shape index (κ1) is 28.8. The number of hydrogen-bond donors (Lipinski definition) is 0. The lowest BCUT2D eigenvalue weighted by Gasteiger charge is -2.36. The van der Waals surface area contributed by atoms with E-state index in [1.165, 1.54) is 18.4 Å². The van der Waals surface area contributed by atoms with Gasteiger partial charge in [0.15, 0.2) is 13.2 Å². The number of hydrogen-bond acceptors (Lipinski definition) is 8. The number of thiophene rings is 1. The number of ether oxygens (including phenoxy) is 2. The molecule has 1 aromatic carbocycles. The molecule has 0 amide bonds. The molecule has 0 N–H and O–H groups in total. The number of aromatic nitrogens is 3. The second-order valence-corrected chi connectivity index (χ2v) is 17.0. The van der Waals surface area contributed by atoms with E-state index >= 15 is 0 Å². The van der Waals surface area contributed by atoms with E-state index in [4.69, 9.17) is 30.8 Å². The summed E-state index contributed by atoms with van der Waals surface area (Å²) >= 11 is 7.64. The zero-order valence-corrected chi connectivity index (χ0v) is 25.6. The largest absolute Gasteiger partial charge is 0.484 e. The molecule has 0 bridgehead atoms. The highest BCUT2D eigenvalue weighted by atomic mass is 35.5. The lowest BCUT2D eigenvalue weighted by atomic mass is 10.1. The number of benzene rings is 1. The van der Waals surface area contributed by atoms with E-state index in [0.717, 1.165) is 21.7 Å². The van der Waals surface area contributed by atoms with Crippen LogP contribution in [0.3, 0.4) is 0 Å². The average molecular weight is 583 g/mol. The molecule has 4 rings (SSSR count). The van der Waals surface area contributed by atoms with Crippen LogP contribution in [0.1, 0.15) is 60.3 Å². The third-order valence-corrected chi connectivity index (χ3v) is 12.9. The van der Waals surface area contributed by atoms with Crippen LogP contribution in [0.2, 0.25) is 23.2 Å². The molecular weight excluding hydrogens is 552 g/mol. The summed E-state index contributed by atoms with van der Waals surface area (Å²) in [5.74, 6) is -0.138. The van der Waals surface area contributed by atoms with Gasteiger partial charge in [0, 0.05) is 16.7 Å². The fourth-order valence-corrected chi connectivity index (χ4v) is 5.93. The number of carbonyl (C=O) groups excluding carboxylic acids is 1. The smallest absolute Gasteiger partial charge is 0.351 e. The molecule has 3 aromatic heterocycles. The summed E-state index contributed by atoms with van der Waals surface area (Å²) in [5.41, 5.74) is 3.52. The van der Waals surface area contributed by atoms with Crippen LogP contribution in [0.4, 0.5) is 0 Å². The number of imidazole rings is 1. The minimum atomic E-state index is -1.94. The number of esters is 1. The molecule has 0 radical (unpaired) electrons. The van der Waals surface area contributed by atoms with Crippen molar-refractivity contribution in [3.8, 4) is 16.8 Å². The van der Waals surface area contributed by atoms with Gasteiger partial charge < -0.3 is 13.9 Å².